The molecule has 0 aliphatic rings. The van der Waals surface area contributed by atoms with Crippen LogP contribution in [0.1, 0.15) is 16.8 Å². The van der Waals surface area contributed by atoms with Crippen molar-refractivity contribution in [2.75, 3.05) is 38.5 Å². The zero-order valence-corrected chi connectivity index (χ0v) is 15.0. The van der Waals surface area contributed by atoms with Crippen LogP contribution in [0.15, 0.2) is 42.5 Å². The summed E-state index contributed by atoms with van der Waals surface area (Å²) >= 11 is 0. The van der Waals surface area contributed by atoms with Gasteiger partial charge in [-0.25, -0.2) is 4.79 Å². The molecule has 138 valence electrons. The van der Waals surface area contributed by atoms with E-state index < -0.39 is 5.97 Å². The number of carbonyl (C=O) groups is 2. The normalized spacial score (nSPS) is 9.96. The number of anilines is 2. The minimum Gasteiger partial charge on any atom is -0.493 e. The van der Waals surface area contributed by atoms with Crippen LogP contribution in [0.25, 0.3) is 0 Å². The smallest absolute Gasteiger partial charge is 0.339 e. The average molecular weight is 358 g/mol. The molecule has 2 aromatic carbocycles. The summed E-state index contributed by atoms with van der Waals surface area (Å²) in [5.41, 5.74) is 1.66. The van der Waals surface area contributed by atoms with Gasteiger partial charge >= 0.3 is 5.97 Å². The van der Waals surface area contributed by atoms with Crippen LogP contribution in [-0.4, -0.2) is 39.8 Å². The number of ether oxygens (including phenoxy) is 3. The van der Waals surface area contributed by atoms with Gasteiger partial charge in [0.05, 0.1) is 26.9 Å². The molecule has 0 saturated heterocycles. The first-order valence-electron chi connectivity index (χ1n) is 8.02. The zero-order chi connectivity index (χ0) is 18.9. The molecule has 0 atom stereocenters. The lowest BCUT2D eigenvalue weighted by molar-refractivity contribution is -0.115. The topological polar surface area (TPSA) is 85.9 Å². The van der Waals surface area contributed by atoms with Crippen LogP contribution in [0.2, 0.25) is 0 Å². The zero-order valence-electron chi connectivity index (χ0n) is 15.0. The van der Waals surface area contributed by atoms with Crippen LogP contribution in [0.5, 0.6) is 11.5 Å². The predicted octanol–water partition coefficient (Wildman–Crippen LogP) is 2.93. The highest BCUT2D eigenvalue weighted by Gasteiger charge is 2.11. The Hall–Kier alpha value is -3.22. The molecule has 0 radical (unpaired) electrons. The molecule has 7 nitrogen and oxygen atoms in total. The summed E-state index contributed by atoms with van der Waals surface area (Å²) < 4.78 is 15.1. The van der Waals surface area contributed by atoms with Gasteiger partial charge in [-0.1, -0.05) is 12.1 Å². The average Bonchev–Trinajstić information content (AvgIpc) is 2.67. The van der Waals surface area contributed by atoms with Gasteiger partial charge in [-0.15, -0.1) is 0 Å². The van der Waals surface area contributed by atoms with E-state index in [2.05, 4.69) is 10.6 Å². The van der Waals surface area contributed by atoms with Crippen LogP contribution in [0.4, 0.5) is 11.4 Å². The Balaban J connectivity index is 1.91. The molecule has 0 unspecified atom stereocenters. The first-order chi connectivity index (χ1) is 12.6. The molecule has 0 aromatic heterocycles. The second-order valence-electron chi connectivity index (χ2n) is 5.33. The molecular weight excluding hydrogens is 336 g/mol. The summed E-state index contributed by atoms with van der Waals surface area (Å²) in [7, 11) is 4.41. The van der Waals surface area contributed by atoms with Crippen molar-refractivity contribution in [2.24, 2.45) is 0 Å². The third kappa shape index (κ3) is 4.89. The summed E-state index contributed by atoms with van der Waals surface area (Å²) in [6, 6.07) is 12.1. The minimum atomic E-state index is -0.428. The van der Waals surface area contributed by atoms with Crippen LogP contribution >= 0.6 is 0 Å². The lowest BCUT2D eigenvalue weighted by Crippen LogP contribution is -2.17. The van der Waals surface area contributed by atoms with Crippen molar-refractivity contribution in [3.8, 4) is 11.5 Å². The minimum absolute atomic E-state index is 0.166. The molecule has 0 heterocycles. The van der Waals surface area contributed by atoms with Crippen molar-refractivity contribution in [1.29, 1.82) is 0 Å². The van der Waals surface area contributed by atoms with Crippen molar-refractivity contribution in [3.63, 3.8) is 0 Å². The molecule has 0 fully saturated rings. The van der Waals surface area contributed by atoms with Gasteiger partial charge < -0.3 is 24.8 Å². The largest absolute Gasteiger partial charge is 0.493 e. The van der Waals surface area contributed by atoms with Gasteiger partial charge in [0.25, 0.3) is 0 Å². The number of esters is 1. The highest BCUT2D eigenvalue weighted by molar-refractivity contribution is 5.96. The summed E-state index contributed by atoms with van der Waals surface area (Å²) in [4.78, 5) is 23.8. The van der Waals surface area contributed by atoms with Gasteiger partial charge in [-0.05, 0) is 24.3 Å². The molecule has 2 aromatic rings. The molecular formula is C19H22N2O5. The second-order valence-corrected chi connectivity index (χ2v) is 5.33. The maximum absolute atomic E-state index is 12.1. The fourth-order valence-electron chi connectivity index (χ4n) is 2.37. The Morgan fingerprint density at radius 3 is 2.38 bits per heavy atom. The number of nitrogens with one attached hydrogen (secondary N) is 2. The maximum Gasteiger partial charge on any atom is 0.339 e. The number of methoxy groups -OCH3 is 3. The lowest BCUT2D eigenvalue weighted by Gasteiger charge is -2.12. The Labute approximate surface area is 152 Å². The molecule has 2 rings (SSSR count). The number of benzene rings is 2. The van der Waals surface area contributed by atoms with Gasteiger partial charge in [0.15, 0.2) is 11.5 Å². The highest BCUT2D eigenvalue weighted by atomic mass is 16.5. The van der Waals surface area contributed by atoms with Gasteiger partial charge in [0, 0.05) is 30.4 Å². The van der Waals surface area contributed by atoms with Crippen molar-refractivity contribution in [1.82, 2.24) is 0 Å². The molecule has 2 N–H and O–H groups in total. The van der Waals surface area contributed by atoms with E-state index in [1.165, 1.54) is 14.2 Å². The van der Waals surface area contributed by atoms with Crippen molar-refractivity contribution in [3.05, 3.63) is 48.0 Å². The van der Waals surface area contributed by atoms with E-state index in [1.54, 1.807) is 49.6 Å². The first kappa shape index (κ1) is 19.1. The lowest BCUT2D eigenvalue weighted by atomic mass is 10.1. The Kier molecular flexibility index (Phi) is 6.84. The van der Waals surface area contributed by atoms with E-state index in [-0.39, 0.29) is 12.3 Å². The van der Waals surface area contributed by atoms with Crippen LogP contribution in [0, 0.1) is 0 Å². The quantitative estimate of drug-likeness (QED) is 0.706. The van der Waals surface area contributed by atoms with E-state index in [4.69, 9.17) is 14.2 Å². The number of para-hydroxylation sites is 1. The summed E-state index contributed by atoms with van der Waals surface area (Å²) in [6.07, 6.45) is 0.226. The molecule has 26 heavy (non-hydrogen) atoms. The summed E-state index contributed by atoms with van der Waals surface area (Å²) in [6.45, 7) is 0.368. The summed E-state index contributed by atoms with van der Waals surface area (Å²) in [5.74, 6) is 0.533. The number of hydrogen-bond acceptors (Lipinski definition) is 6. The van der Waals surface area contributed by atoms with E-state index >= 15 is 0 Å². The standard InChI is InChI=1S/C19H22N2O5/c1-24-16-9-8-13(12-17(16)25-2)21-18(22)10-11-20-15-7-5-4-6-14(15)19(23)26-3/h4-9,12,20H,10-11H2,1-3H3,(H,21,22). The number of rotatable bonds is 8. The fraction of sp³-hybridized carbons (Fsp3) is 0.263. The third-order valence-electron chi connectivity index (χ3n) is 3.67. The van der Waals surface area contributed by atoms with Crippen LogP contribution in [-0.2, 0) is 9.53 Å². The van der Waals surface area contributed by atoms with Crippen LogP contribution < -0.4 is 20.1 Å². The van der Waals surface area contributed by atoms with Gasteiger partial charge in [-0.3, -0.25) is 4.79 Å². The molecule has 0 aliphatic carbocycles. The molecule has 0 saturated carbocycles. The second kappa shape index (κ2) is 9.31. The van der Waals surface area contributed by atoms with E-state index in [9.17, 15) is 9.59 Å². The number of carbonyl (C=O) groups excluding carboxylic acids is 2. The molecule has 0 bridgehead atoms. The van der Waals surface area contributed by atoms with E-state index in [1.807, 2.05) is 0 Å². The summed E-state index contributed by atoms with van der Waals surface area (Å²) in [5, 5.41) is 5.88. The fourth-order valence-corrected chi connectivity index (χ4v) is 2.37. The number of amides is 1. The Morgan fingerprint density at radius 2 is 1.69 bits per heavy atom. The maximum atomic E-state index is 12.1. The molecule has 0 aliphatic heterocycles. The predicted molar refractivity (Wildman–Crippen MR) is 99.1 cm³/mol. The number of hydrogen-bond donors (Lipinski definition) is 2. The Bertz CT molecular complexity index is 776. The van der Waals surface area contributed by atoms with Gasteiger partial charge in [0.1, 0.15) is 0 Å². The first-order valence-corrected chi connectivity index (χ1v) is 8.02. The molecule has 0 spiro atoms. The van der Waals surface area contributed by atoms with Crippen LogP contribution in [0.3, 0.4) is 0 Å². The SMILES string of the molecule is COC(=O)c1ccccc1NCCC(=O)Nc1ccc(OC)c(OC)c1. The van der Waals surface area contributed by atoms with Gasteiger partial charge in [0.2, 0.25) is 5.91 Å². The highest BCUT2D eigenvalue weighted by Crippen LogP contribution is 2.29. The third-order valence-corrected chi connectivity index (χ3v) is 3.67. The van der Waals surface area contributed by atoms with Crippen molar-refractivity contribution in [2.45, 2.75) is 6.42 Å². The van der Waals surface area contributed by atoms with Gasteiger partial charge in [-0.2, -0.15) is 0 Å². The van der Waals surface area contributed by atoms with Crippen molar-refractivity contribution < 1.29 is 23.8 Å². The van der Waals surface area contributed by atoms with Crippen molar-refractivity contribution >= 4 is 23.3 Å². The monoisotopic (exact) mass is 358 g/mol. The Morgan fingerprint density at radius 1 is 0.962 bits per heavy atom. The molecule has 1 amide bonds. The molecule has 7 heteroatoms. The van der Waals surface area contributed by atoms with E-state index in [0.717, 1.165) is 0 Å². The van der Waals surface area contributed by atoms with E-state index in [0.29, 0.717) is 35.0 Å².